The molecule has 0 fully saturated rings. The standard InChI is InChI=1S/C13H10Cl2F3N3O2S/c14-11-6-5-10(12(15)20-11)24(22,23)21-9-4-2-1-3-8(9)19-7-13(16,17)18/h1-6,19,21H,7H2. The molecule has 2 rings (SSSR count). The molecule has 0 aliphatic carbocycles. The lowest BCUT2D eigenvalue weighted by atomic mass is 10.3. The first-order valence-corrected chi connectivity index (χ1v) is 8.57. The van der Waals surface area contributed by atoms with Gasteiger partial charge in [-0.05, 0) is 24.3 Å². The summed E-state index contributed by atoms with van der Waals surface area (Å²) in [5.74, 6) is 0. The van der Waals surface area contributed by atoms with Gasteiger partial charge in [0.15, 0.2) is 5.15 Å². The highest BCUT2D eigenvalue weighted by atomic mass is 35.5. The number of nitrogens with zero attached hydrogens (tertiary/aromatic N) is 1. The summed E-state index contributed by atoms with van der Waals surface area (Å²) in [5, 5.41) is 1.78. The topological polar surface area (TPSA) is 71.1 Å². The van der Waals surface area contributed by atoms with Gasteiger partial charge in [0.05, 0.1) is 11.4 Å². The predicted octanol–water partition coefficient (Wildman–Crippen LogP) is 4.16. The number of benzene rings is 1. The molecule has 0 saturated carbocycles. The molecule has 0 amide bonds. The normalized spacial score (nSPS) is 12.0. The average Bonchev–Trinajstić information content (AvgIpc) is 2.44. The molecule has 0 bridgehead atoms. The van der Waals surface area contributed by atoms with E-state index in [9.17, 15) is 21.6 Å². The summed E-state index contributed by atoms with van der Waals surface area (Å²) in [6, 6.07) is 7.94. The van der Waals surface area contributed by atoms with E-state index in [1.807, 2.05) is 0 Å². The molecule has 1 aromatic carbocycles. The number of rotatable bonds is 5. The number of anilines is 2. The van der Waals surface area contributed by atoms with Crippen molar-refractivity contribution in [1.29, 1.82) is 0 Å². The zero-order valence-corrected chi connectivity index (χ0v) is 14.1. The molecular weight excluding hydrogens is 390 g/mol. The Balaban J connectivity index is 2.30. The molecule has 0 aliphatic heterocycles. The molecular formula is C13H10Cl2F3N3O2S. The van der Waals surface area contributed by atoms with Gasteiger partial charge in [-0.25, -0.2) is 13.4 Å². The van der Waals surface area contributed by atoms with Crippen LogP contribution in [-0.4, -0.2) is 26.1 Å². The van der Waals surface area contributed by atoms with Crippen molar-refractivity contribution in [2.24, 2.45) is 0 Å². The maximum Gasteiger partial charge on any atom is 0.405 e. The van der Waals surface area contributed by atoms with Gasteiger partial charge in [-0.15, -0.1) is 0 Å². The SMILES string of the molecule is O=S(=O)(Nc1ccccc1NCC(F)(F)F)c1ccc(Cl)nc1Cl. The number of halogens is 5. The van der Waals surface area contributed by atoms with Gasteiger partial charge in [0.2, 0.25) is 0 Å². The van der Waals surface area contributed by atoms with Crippen LogP contribution in [0.1, 0.15) is 0 Å². The van der Waals surface area contributed by atoms with E-state index in [0.717, 1.165) is 6.07 Å². The molecule has 0 unspecified atom stereocenters. The van der Waals surface area contributed by atoms with Crippen molar-refractivity contribution in [2.45, 2.75) is 11.1 Å². The molecule has 2 N–H and O–H groups in total. The fraction of sp³-hybridized carbons (Fsp3) is 0.154. The molecule has 1 heterocycles. The predicted molar refractivity (Wildman–Crippen MR) is 86.1 cm³/mol. The third-order valence-electron chi connectivity index (χ3n) is 2.72. The van der Waals surface area contributed by atoms with Gasteiger partial charge in [0, 0.05) is 0 Å². The van der Waals surface area contributed by atoms with Gasteiger partial charge in [-0.1, -0.05) is 35.3 Å². The third kappa shape index (κ3) is 4.89. The molecule has 0 aliphatic rings. The van der Waals surface area contributed by atoms with Gasteiger partial charge < -0.3 is 5.32 Å². The van der Waals surface area contributed by atoms with Crippen LogP contribution in [0.2, 0.25) is 10.3 Å². The Bertz CT molecular complexity index is 845. The third-order valence-corrected chi connectivity index (χ3v) is 4.73. The lowest BCUT2D eigenvalue weighted by Crippen LogP contribution is -2.22. The van der Waals surface area contributed by atoms with E-state index in [4.69, 9.17) is 23.2 Å². The fourth-order valence-electron chi connectivity index (χ4n) is 1.72. The summed E-state index contributed by atoms with van der Waals surface area (Å²) < 4.78 is 63.9. The second-order valence-corrected chi connectivity index (χ2v) is 6.94. The number of nitrogens with one attached hydrogen (secondary N) is 2. The fourth-order valence-corrected chi connectivity index (χ4v) is 3.46. The minimum atomic E-state index is -4.45. The van der Waals surface area contributed by atoms with Crippen molar-refractivity contribution in [1.82, 2.24) is 4.98 Å². The Morgan fingerprint density at radius 1 is 1.04 bits per heavy atom. The van der Waals surface area contributed by atoms with E-state index in [1.54, 1.807) is 0 Å². The number of hydrogen-bond donors (Lipinski definition) is 2. The van der Waals surface area contributed by atoms with Crippen LogP contribution in [0.3, 0.4) is 0 Å². The lowest BCUT2D eigenvalue weighted by molar-refractivity contribution is -0.115. The highest BCUT2D eigenvalue weighted by molar-refractivity contribution is 7.92. The van der Waals surface area contributed by atoms with Gasteiger partial charge in [0.1, 0.15) is 16.6 Å². The molecule has 11 heteroatoms. The van der Waals surface area contributed by atoms with Crippen molar-refractivity contribution in [3.8, 4) is 0 Å². The quantitative estimate of drug-likeness (QED) is 0.740. The first kappa shape index (κ1) is 18.6. The summed E-state index contributed by atoms with van der Waals surface area (Å²) >= 11 is 11.4. The van der Waals surface area contributed by atoms with Gasteiger partial charge in [-0.3, -0.25) is 4.72 Å². The zero-order valence-electron chi connectivity index (χ0n) is 11.7. The van der Waals surface area contributed by atoms with Gasteiger partial charge in [0.25, 0.3) is 10.0 Å². The van der Waals surface area contributed by atoms with Crippen LogP contribution in [0.4, 0.5) is 24.5 Å². The number of hydrogen-bond acceptors (Lipinski definition) is 4. The van der Waals surface area contributed by atoms with Crippen LogP contribution in [0.15, 0.2) is 41.3 Å². The largest absolute Gasteiger partial charge is 0.405 e. The van der Waals surface area contributed by atoms with Gasteiger partial charge >= 0.3 is 6.18 Å². The summed E-state index contributed by atoms with van der Waals surface area (Å²) in [4.78, 5) is 3.27. The maximum atomic E-state index is 12.4. The summed E-state index contributed by atoms with van der Waals surface area (Å²) in [7, 11) is -4.16. The highest BCUT2D eigenvalue weighted by Crippen LogP contribution is 2.28. The summed E-state index contributed by atoms with van der Waals surface area (Å²) in [5.41, 5.74) is -0.0933. The van der Waals surface area contributed by atoms with E-state index in [2.05, 4.69) is 15.0 Å². The number of pyridine rings is 1. The number of para-hydroxylation sites is 2. The molecule has 2 aromatic rings. The number of aromatic nitrogens is 1. The maximum absolute atomic E-state index is 12.4. The highest BCUT2D eigenvalue weighted by Gasteiger charge is 2.27. The Kier molecular flexibility index (Phi) is 5.46. The molecule has 1 aromatic heterocycles. The van der Waals surface area contributed by atoms with Gasteiger partial charge in [-0.2, -0.15) is 13.2 Å². The average molecular weight is 400 g/mol. The van der Waals surface area contributed by atoms with Crippen LogP contribution in [0.5, 0.6) is 0 Å². The molecule has 0 radical (unpaired) electrons. The Labute approximate surface area is 145 Å². The summed E-state index contributed by atoms with van der Waals surface area (Å²) in [6.45, 7) is -1.31. The van der Waals surface area contributed by atoms with E-state index >= 15 is 0 Å². The van der Waals surface area contributed by atoms with Crippen LogP contribution in [-0.2, 0) is 10.0 Å². The van der Waals surface area contributed by atoms with E-state index in [-0.39, 0.29) is 26.6 Å². The lowest BCUT2D eigenvalue weighted by Gasteiger charge is -2.15. The van der Waals surface area contributed by atoms with Crippen molar-refractivity contribution < 1.29 is 21.6 Å². The second-order valence-electron chi connectivity index (χ2n) is 4.54. The van der Waals surface area contributed by atoms with Crippen molar-refractivity contribution in [3.63, 3.8) is 0 Å². The molecule has 0 atom stereocenters. The molecule has 0 spiro atoms. The zero-order chi connectivity index (χ0) is 18.0. The van der Waals surface area contributed by atoms with E-state index < -0.39 is 22.7 Å². The van der Waals surface area contributed by atoms with E-state index in [1.165, 1.54) is 30.3 Å². The minimum Gasteiger partial charge on any atom is -0.375 e. The Morgan fingerprint density at radius 3 is 2.25 bits per heavy atom. The van der Waals surface area contributed by atoms with Crippen LogP contribution in [0.25, 0.3) is 0 Å². The molecule has 0 saturated heterocycles. The molecule has 5 nitrogen and oxygen atoms in total. The van der Waals surface area contributed by atoms with Crippen LogP contribution < -0.4 is 10.0 Å². The summed E-state index contributed by atoms with van der Waals surface area (Å²) in [6.07, 6.45) is -4.45. The molecule has 24 heavy (non-hydrogen) atoms. The Morgan fingerprint density at radius 2 is 1.67 bits per heavy atom. The monoisotopic (exact) mass is 399 g/mol. The first-order valence-electron chi connectivity index (χ1n) is 6.33. The smallest absolute Gasteiger partial charge is 0.375 e. The van der Waals surface area contributed by atoms with E-state index in [0.29, 0.717) is 0 Å². The number of sulfonamides is 1. The van der Waals surface area contributed by atoms with Crippen molar-refractivity contribution in [3.05, 3.63) is 46.7 Å². The van der Waals surface area contributed by atoms with Crippen LogP contribution >= 0.6 is 23.2 Å². The second kappa shape index (κ2) is 7.04. The number of alkyl halides is 3. The Hall–Kier alpha value is -1.71. The van der Waals surface area contributed by atoms with Crippen LogP contribution in [0, 0.1) is 0 Å². The first-order chi connectivity index (χ1) is 11.1. The van der Waals surface area contributed by atoms with Crippen molar-refractivity contribution >= 4 is 44.6 Å². The van der Waals surface area contributed by atoms with Crippen molar-refractivity contribution in [2.75, 3.05) is 16.6 Å². The minimum absolute atomic E-state index is 0.00574. The molecule has 130 valence electrons.